The normalized spacial score (nSPS) is 10.5. The fraction of sp³-hybridized carbons (Fsp3) is 0.308. The molecule has 0 saturated carbocycles. The summed E-state index contributed by atoms with van der Waals surface area (Å²) in [5.41, 5.74) is 1.14. The molecular weight excluding hydrogens is 204 g/mol. The molecule has 0 aliphatic heterocycles. The van der Waals surface area contributed by atoms with E-state index in [4.69, 9.17) is 17.0 Å². The van der Waals surface area contributed by atoms with E-state index >= 15 is 0 Å². The van der Waals surface area contributed by atoms with Gasteiger partial charge in [-0.1, -0.05) is 49.8 Å². The fourth-order valence-electron chi connectivity index (χ4n) is 1.09. The first-order valence-electron chi connectivity index (χ1n) is 5.23. The van der Waals surface area contributed by atoms with E-state index < -0.39 is 0 Å². The van der Waals surface area contributed by atoms with Crippen molar-refractivity contribution in [2.24, 2.45) is 0 Å². The molecule has 0 aliphatic carbocycles. The maximum atomic E-state index is 5.35. The molecular formula is C13H16OS. The number of hydrogen-bond donors (Lipinski definition) is 0. The molecule has 1 nitrogen and oxygen atoms in total. The van der Waals surface area contributed by atoms with Crippen LogP contribution in [-0.4, -0.2) is 11.7 Å². The van der Waals surface area contributed by atoms with Gasteiger partial charge < -0.3 is 4.74 Å². The van der Waals surface area contributed by atoms with Gasteiger partial charge in [-0.25, -0.2) is 0 Å². The van der Waals surface area contributed by atoms with Gasteiger partial charge in [0.2, 0.25) is 0 Å². The molecule has 0 atom stereocenters. The van der Waals surface area contributed by atoms with Crippen molar-refractivity contribution in [1.82, 2.24) is 0 Å². The van der Waals surface area contributed by atoms with Crippen LogP contribution in [0.1, 0.15) is 25.3 Å². The summed E-state index contributed by atoms with van der Waals surface area (Å²) in [7, 11) is 0. The van der Waals surface area contributed by atoms with E-state index in [1.165, 1.54) is 0 Å². The van der Waals surface area contributed by atoms with Crippen LogP contribution in [0.5, 0.6) is 0 Å². The van der Waals surface area contributed by atoms with Crippen LogP contribution in [0.3, 0.4) is 0 Å². The lowest BCUT2D eigenvalue weighted by atomic mass is 10.2. The minimum absolute atomic E-state index is 0.562. The van der Waals surface area contributed by atoms with Gasteiger partial charge in [0.25, 0.3) is 0 Å². The first-order valence-corrected chi connectivity index (χ1v) is 5.63. The highest BCUT2D eigenvalue weighted by Gasteiger charge is 1.91. The van der Waals surface area contributed by atoms with E-state index in [0.29, 0.717) is 11.7 Å². The predicted octanol–water partition coefficient (Wildman–Crippen LogP) is 3.84. The molecule has 0 unspecified atom stereocenters. The molecule has 1 aromatic rings. The first-order chi connectivity index (χ1) is 7.33. The third-order valence-corrected chi connectivity index (χ3v) is 2.21. The Hall–Kier alpha value is -1.15. The van der Waals surface area contributed by atoms with Crippen LogP contribution >= 0.6 is 12.2 Å². The lowest BCUT2D eigenvalue weighted by Gasteiger charge is -2.01. The predicted molar refractivity (Wildman–Crippen MR) is 68.9 cm³/mol. The summed E-state index contributed by atoms with van der Waals surface area (Å²) in [5.74, 6) is 0. The second-order valence-electron chi connectivity index (χ2n) is 3.27. The maximum Gasteiger partial charge on any atom is 0.183 e. The van der Waals surface area contributed by atoms with Crippen molar-refractivity contribution in [3.8, 4) is 0 Å². The minimum Gasteiger partial charge on any atom is -0.483 e. The molecule has 0 fully saturated rings. The molecule has 1 aromatic carbocycles. The smallest absolute Gasteiger partial charge is 0.183 e. The maximum absolute atomic E-state index is 5.35. The third kappa shape index (κ3) is 5.33. The summed E-state index contributed by atoms with van der Waals surface area (Å²) in [6.07, 6.45) is 5.99. The molecule has 0 spiro atoms. The molecule has 0 N–H and O–H groups in total. The quantitative estimate of drug-likeness (QED) is 0.423. The van der Waals surface area contributed by atoms with Gasteiger partial charge in [-0.15, -0.1) is 0 Å². The van der Waals surface area contributed by atoms with Crippen LogP contribution < -0.4 is 0 Å². The van der Waals surface area contributed by atoms with Crippen molar-refractivity contribution in [3.05, 3.63) is 42.0 Å². The number of thiocarbonyl (C=S) groups is 1. The monoisotopic (exact) mass is 220 g/mol. The molecule has 15 heavy (non-hydrogen) atoms. The molecule has 0 amide bonds. The van der Waals surface area contributed by atoms with E-state index in [-0.39, 0.29) is 0 Å². The number of hydrogen-bond acceptors (Lipinski definition) is 2. The Labute approximate surface area is 96.8 Å². The Morgan fingerprint density at radius 2 is 2.07 bits per heavy atom. The average molecular weight is 220 g/mol. The van der Waals surface area contributed by atoms with Crippen molar-refractivity contribution in [2.45, 2.75) is 19.8 Å². The molecule has 1 rings (SSSR count). The van der Waals surface area contributed by atoms with Gasteiger partial charge in [-0.05, 0) is 30.3 Å². The number of unbranched alkanes of at least 4 members (excludes halogenated alkanes) is 1. The second kappa shape index (κ2) is 7.18. The van der Waals surface area contributed by atoms with Gasteiger partial charge in [0.15, 0.2) is 5.05 Å². The lowest BCUT2D eigenvalue weighted by Crippen LogP contribution is -1.99. The summed E-state index contributed by atoms with van der Waals surface area (Å²) in [6.45, 7) is 2.85. The van der Waals surface area contributed by atoms with Crippen molar-refractivity contribution in [2.75, 3.05) is 6.61 Å². The van der Waals surface area contributed by atoms with Crippen molar-refractivity contribution in [3.63, 3.8) is 0 Å². The minimum atomic E-state index is 0.562. The Kier molecular flexibility index (Phi) is 5.71. The van der Waals surface area contributed by atoms with E-state index in [1.54, 1.807) is 0 Å². The van der Waals surface area contributed by atoms with E-state index in [2.05, 4.69) is 6.92 Å². The summed E-state index contributed by atoms with van der Waals surface area (Å²) in [5, 5.41) is 0.562. The summed E-state index contributed by atoms with van der Waals surface area (Å²) in [4.78, 5) is 0. The molecule has 0 aliphatic rings. The van der Waals surface area contributed by atoms with Gasteiger partial charge in [0.1, 0.15) is 0 Å². The summed E-state index contributed by atoms with van der Waals surface area (Å²) in [6, 6.07) is 10.1. The third-order valence-electron chi connectivity index (χ3n) is 1.95. The Bertz CT molecular complexity index is 317. The molecule has 80 valence electrons. The number of ether oxygens (including phenoxy) is 1. The zero-order valence-corrected chi connectivity index (χ0v) is 9.80. The molecule has 0 radical (unpaired) electrons. The zero-order chi connectivity index (χ0) is 10.9. The van der Waals surface area contributed by atoms with Crippen LogP contribution in [0.25, 0.3) is 6.08 Å². The molecule has 0 aromatic heterocycles. The fourth-order valence-corrected chi connectivity index (χ4v) is 1.25. The van der Waals surface area contributed by atoms with Gasteiger partial charge >= 0.3 is 0 Å². The van der Waals surface area contributed by atoms with Crippen molar-refractivity contribution < 1.29 is 4.74 Å². The van der Waals surface area contributed by atoms with Crippen molar-refractivity contribution in [1.29, 1.82) is 0 Å². The van der Waals surface area contributed by atoms with E-state index in [0.717, 1.165) is 18.4 Å². The second-order valence-corrected chi connectivity index (χ2v) is 3.67. The topological polar surface area (TPSA) is 9.23 Å². The highest BCUT2D eigenvalue weighted by atomic mass is 32.1. The van der Waals surface area contributed by atoms with Gasteiger partial charge in [-0.2, -0.15) is 0 Å². The first kappa shape index (κ1) is 11.9. The van der Waals surface area contributed by atoms with E-state index in [1.807, 2.05) is 42.5 Å². The Balaban J connectivity index is 2.34. The molecule has 0 bridgehead atoms. The van der Waals surface area contributed by atoms with Crippen LogP contribution in [0.2, 0.25) is 0 Å². The highest BCUT2D eigenvalue weighted by molar-refractivity contribution is 7.80. The highest BCUT2D eigenvalue weighted by Crippen LogP contribution is 2.02. The van der Waals surface area contributed by atoms with Crippen LogP contribution in [0, 0.1) is 0 Å². The molecule has 0 heterocycles. The molecule has 2 heteroatoms. The zero-order valence-electron chi connectivity index (χ0n) is 8.98. The Morgan fingerprint density at radius 1 is 1.33 bits per heavy atom. The van der Waals surface area contributed by atoms with Gasteiger partial charge in [-0.3, -0.25) is 0 Å². The average Bonchev–Trinajstić information content (AvgIpc) is 2.28. The standard InChI is InChI=1S/C13H16OS/c1-2-3-11-14-13(15)10-9-12-7-5-4-6-8-12/h4-10H,2-3,11H2,1H3/b10-9+. The van der Waals surface area contributed by atoms with Gasteiger partial charge in [0.05, 0.1) is 6.61 Å². The molecule has 0 saturated heterocycles. The van der Waals surface area contributed by atoms with Gasteiger partial charge in [0, 0.05) is 0 Å². The lowest BCUT2D eigenvalue weighted by molar-refractivity contribution is 0.307. The van der Waals surface area contributed by atoms with Crippen LogP contribution in [0.4, 0.5) is 0 Å². The van der Waals surface area contributed by atoms with Crippen LogP contribution in [-0.2, 0) is 4.74 Å². The Morgan fingerprint density at radius 3 is 2.73 bits per heavy atom. The van der Waals surface area contributed by atoms with E-state index in [9.17, 15) is 0 Å². The number of benzene rings is 1. The summed E-state index contributed by atoms with van der Waals surface area (Å²) < 4.78 is 5.35. The SMILES string of the molecule is CCCCOC(=S)/C=C/c1ccccc1. The number of rotatable bonds is 5. The van der Waals surface area contributed by atoms with Crippen LogP contribution in [0.15, 0.2) is 36.4 Å². The summed E-state index contributed by atoms with van der Waals surface area (Å²) >= 11 is 5.06. The largest absolute Gasteiger partial charge is 0.483 e. The van der Waals surface area contributed by atoms with Crippen molar-refractivity contribution >= 4 is 23.3 Å².